The first-order valence-corrected chi connectivity index (χ1v) is 26.5. The highest BCUT2D eigenvalue weighted by atomic mass is 31.2. The lowest BCUT2D eigenvalue weighted by Crippen LogP contribution is -2.28. The van der Waals surface area contributed by atoms with E-state index in [1.54, 1.807) is 0 Å². The van der Waals surface area contributed by atoms with E-state index in [4.69, 9.17) is 24.3 Å². The number of nitrogens with two attached hydrogens (primary N) is 1. The largest absolute Gasteiger partial charge is 0.472 e. The van der Waals surface area contributed by atoms with Crippen molar-refractivity contribution in [1.29, 1.82) is 0 Å². The van der Waals surface area contributed by atoms with Crippen LogP contribution in [0, 0.1) is 0 Å². The first-order chi connectivity index (χ1) is 27.9. The Hall–Kier alpha value is -0.500. The Balaban J connectivity index is 3.89. The molecule has 0 saturated carbocycles. The quantitative estimate of drug-likeness (QED) is 0.0354. The van der Waals surface area contributed by atoms with Crippen LogP contribution in [0.2, 0.25) is 0 Å². The van der Waals surface area contributed by atoms with Crippen LogP contribution >= 0.6 is 7.82 Å². The van der Waals surface area contributed by atoms with Gasteiger partial charge in [0.25, 0.3) is 0 Å². The molecular weight excluding hydrogens is 734 g/mol. The molecule has 0 spiro atoms. The fraction of sp³-hybridized carbons (Fsp3) is 0.979. The molecule has 0 amide bonds. The SMILES string of the molecule is CCCCCCCCCCCCCCCCCCCCCCOC[C@H](COP(=O)(O)OCCN)OC(=O)CCCCCCCCCCCCCCCCCCCC. The molecule has 0 aromatic rings. The van der Waals surface area contributed by atoms with Crippen molar-refractivity contribution in [1.82, 2.24) is 0 Å². The lowest BCUT2D eigenvalue weighted by Gasteiger charge is -2.20. The van der Waals surface area contributed by atoms with Crippen LogP contribution in [0.1, 0.15) is 264 Å². The normalized spacial score (nSPS) is 13.3. The average molecular weight is 832 g/mol. The molecule has 0 radical (unpaired) electrons. The number of hydrogen-bond acceptors (Lipinski definition) is 7. The van der Waals surface area contributed by atoms with Crippen LogP contribution in [0.5, 0.6) is 0 Å². The Bertz CT molecular complexity index is 848. The van der Waals surface area contributed by atoms with Gasteiger partial charge in [-0.25, -0.2) is 4.57 Å². The van der Waals surface area contributed by atoms with Crippen LogP contribution in [0.4, 0.5) is 0 Å². The minimum atomic E-state index is -4.27. The predicted octanol–water partition coefficient (Wildman–Crippen LogP) is 15.3. The van der Waals surface area contributed by atoms with Crippen molar-refractivity contribution in [3.8, 4) is 0 Å². The van der Waals surface area contributed by atoms with E-state index < -0.39 is 13.9 Å². The highest BCUT2D eigenvalue weighted by molar-refractivity contribution is 7.47. The van der Waals surface area contributed by atoms with Gasteiger partial charge in [-0.15, -0.1) is 0 Å². The predicted molar refractivity (Wildman–Crippen MR) is 243 cm³/mol. The van der Waals surface area contributed by atoms with Crippen molar-refractivity contribution in [2.45, 2.75) is 270 Å². The van der Waals surface area contributed by atoms with Gasteiger partial charge in [0.1, 0.15) is 6.10 Å². The molecule has 0 rings (SSSR count). The van der Waals surface area contributed by atoms with Crippen LogP contribution in [0.15, 0.2) is 0 Å². The summed E-state index contributed by atoms with van der Waals surface area (Å²) in [5.41, 5.74) is 5.39. The van der Waals surface area contributed by atoms with E-state index in [1.165, 1.54) is 212 Å². The Morgan fingerprint density at radius 1 is 0.456 bits per heavy atom. The van der Waals surface area contributed by atoms with Crippen molar-refractivity contribution in [2.75, 3.05) is 33.0 Å². The zero-order valence-electron chi connectivity index (χ0n) is 38.1. The highest BCUT2D eigenvalue weighted by Crippen LogP contribution is 2.43. The van der Waals surface area contributed by atoms with Gasteiger partial charge in [-0.3, -0.25) is 13.8 Å². The highest BCUT2D eigenvalue weighted by Gasteiger charge is 2.25. The summed E-state index contributed by atoms with van der Waals surface area (Å²) in [6.07, 6.45) is 49.9. The lowest BCUT2D eigenvalue weighted by atomic mass is 10.0. The molecule has 57 heavy (non-hydrogen) atoms. The maximum absolute atomic E-state index is 12.6. The number of unbranched alkanes of at least 4 members (excludes halogenated alkanes) is 36. The fourth-order valence-electron chi connectivity index (χ4n) is 7.59. The molecule has 0 aliphatic rings. The molecule has 9 heteroatoms. The Labute approximate surface area is 354 Å². The molecule has 3 N–H and O–H groups in total. The smallest absolute Gasteiger partial charge is 0.457 e. The molecule has 0 aliphatic carbocycles. The molecule has 0 heterocycles. The molecule has 0 aliphatic heterocycles. The first-order valence-electron chi connectivity index (χ1n) is 25.0. The number of esters is 1. The third-order valence-electron chi connectivity index (χ3n) is 11.3. The van der Waals surface area contributed by atoms with Crippen LogP contribution in [-0.2, 0) is 27.9 Å². The summed E-state index contributed by atoms with van der Waals surface area (Å²) < 4.78 is 33.6. The lowest BCUT2D eigenvalue weighted by molar-refractivity contribution is -0.154. The second kappa shape index (κ2) is 46.6. The molecule has 342 valence electrons. The van der Waals surface area contributed by atoms with E-state index in [1.807, 2.05) is 0 Å². The molecule has 0 fully saturated rings. The van der Waals surface area contributed by atoms with Crippen molar-refractivity contribution < 1.29 is 32.8 Å². The zero-order chi connectivity index (χ0) is 41.6. The van der Waals surface area contributed by atoms with Gasteiger partial charge in [-0.2, -0.15) is 0 Å². The summed E-state index contributed by atoms with van der Waals surface area (Å²) in [5, 5.41) is 0. The third kappa shape index (κ3) is 46.4. The van der Waals surface area contributed by atoms with Crippen LogP contribution in [0.25, 0.3) is 0 Å². The van der Waals surface area contributed by atoms with Gasteiger partial charge in [0.15, 0.2) is 0 Å². The standard InChI is InChI=1S/C48H98NO7P/c1-3-5-7-9-11-13-15-17-19-21-23-24-26-28-30-32-34-36-38-40-43-53-45-47(46-55-57(51,52)54-44-42-49)56-48(50)41-39-37-35-33-31-29-27-25-22-20-18-16-14-12-10-8-6-4-2/h47H,3-46,49H2,1-2H3,(H,51,52)/t47-/m1/s1. The van der Waals surface area contributed by atoms with E-state index >= 15 is 0 Å². The first kappa shape index (κ1) is 56.5. The van der Waals surface area contributed by atoms with Gasteiger partial charge in [0.2, 0.25) is 0 Å². The van der Waals surface area contributed by atoms with Crippen LogP contribution in [0.3, 0.4) is 0 Å². The third-order valence-corrected chi connectivity index (χ3v) is 12.3. The summed E-state index contributed by atoms with van der Waals surface area (Å²) in [5.74, 6) is -0.321. The van der Waals surface area contributed by atoms with E-state index in [0.717, 1.165) is 32.1 Å². The van der Waals surface area contributed by atoms with Gasteiger partial charge in [-0.1, -0.05) is 245 Å². The van der Waals surface area contributed by atoms with Gasteiger partial charge in [-0.05, 0) is 12.8 Å². The summed E-state index contributed by atoms with van der Waals surface area (Å²) in [6, 6.07) is 0. The number of hydrogen-bond donors (Lipinski definition) is 2. The molecule has 0 bridgehead atoms. The molecule has 0 aromatic carbocycles. The summed E-state index contributed by atoms with van der Waals surface area (Å²) in [4.78, 5) is 22.6. The van der Waals surface area contributed by atoms with Gasteiger partial charge in [0.05, 0.1) is 19.8 Å². The maximum Gasteiger partial charge on any atom is 0.472 e. The molecule has 0 saturated heterocycles. The topological polar surface area (TPSA) is 117 Å². The van der Waals surface area contributed by atoms with Gasteiger partial charge < -0.3 is 20.1 Å². The van der Waals surface area contributed by atoms with Crippen molar-refractivity contribution in [2.24, 2.45) is 5.73 Å². The average Bonchev–Trinajstić information content (AvgIpc) is 3.20. The van der Waals surface area contributed by atoms with E-state index in [-0.39, 0.29) is 32.3 Å². The number of phosphoric ester groups is 1. The Kier molecular flexibility index (Phi) is 46.2. The fourth-order valence-corrected chi connectivity index (χ4v) is 8.35. The van der Waals surface area contributed by atoms with Gasteiger partial charge in [0, 0.05) is 19.6 Å². The number of phosphoric acid groups is 1. The Morgan fingerprint density at radius 3 is 1.11 bits per heavy atom. The molecule has 2 atom stereocenters. The number of rotatable bonds is 49. The van der Waals surface area contributed by atoms with Crippen molar-refractivity contribution in [3.05, 3.63) is 0 Å². The minimum absolute atomic E-state index is 0.0898. The summed E-state index contributed by atoms with van der Waals surface area (Å²) in [6.45, 7) is 5.01. The van der Waals surface area contributed by atoms with Gasteiger partial charge >= 0.3 is 13.8 Å². The van der Waals surface area contributed by atoms with Crippen molar-refractivity contribution in [3.63, 3.8) is 0 Å². The number of carbonyl (C=O) groups excluding carboxylic acids is 1. The number of ether oxygens (including phenoxy) is 2. The Morgan fingerprint density at radius 2 is 0.772 bits per heavy atom. The molecule has 1 unspecified atom stereocenters. The number of carbonyl (C=O) groups is 1. The zero-order valence-corrected chi connectivity index (χ0v) is 39.0. The second-order valence-corrected chi connectivity index (χ2v) is 18.5. The molecule has 8 nitrogen and oxygen atoms in total. The molecule has 0 aromatic heterocycles. The van der Waals surface area contributed by atoms with Crippen LogP contribution < -0.4 is 5.73 Å². The monoisotopic (exact) mass is 832 g/mol. The van der Waals surface area contributed by atoms with E-state index in [0.29, 0.717) is 13.0 Å². The maximum atomic E-state index is 12.6. The van der Waals surface area contributed by atoms with E-state index in [2.05, 4.69) is 13.8 Å². The van der Waals surface area contributed by atoms with E-state index in [9.17, 15) is 14.3 Å². The minimum Gasteiger partial charge on any atom is -0.457 e. The van der Waals surface area contributed by atoms with Crippen molar-refractivity contribution >= 4 is 13.8 Å². The van der Waals surface area contributed by atoms with Crippen LogP contribution in [-0.4, -0.2) is 49.9 Å². The summed E-state index contributed by atoms with van der Waals surface area (Å²) >= 11 is 0. The second-order valence-electron chi connectivity index (χ2n) is 17.1. The molecular formula is C48H98NO7P. The summed E-state index contributed by atoms with van der Waals surface area (Å²) in [7, 11) is -4.27.